The molecule has 150 valence electrons. The minimum Gasteiger partial charge on any atom is -0.357 e. The average Bonchev–Trinajstić information content (AvgIpc) is 3.34. The highest BCUT2D eigenvalue weighted by Crippen LogP contribution is 2.45. The van der Waals surface area contributed by atoms with E-state index in [4.69, 9.17) is 4.99 Å². The van der Waals surface area contributed by atoms with E-state index in [-0.39, 0.29) is 35.3 Å². The number of hydrogen-bond donors (Lipinski definition) is 1. The molecule has 2 aliphatic carbocycles. The molecule has 2 saturated carbocycles. The number of nitrogens with one attached hydrogen (secondary N) is 1. The van der Waals surface area contributed by atoms with Gasteiger partial charge in [-0.1, -0.05) is 25.7 Å². The normalized spacial score (nSPS) is 24.0. The molecule has 5 nitrogen and oxygen atoms in total. The van der Waals surface area contributed by atoms with Gasteiger partial charge in [-0.15, -0.1) is 24.0 Å². The van der Waals surface area contributed by atoms with E-state index in [2.05, 4.69) is 17.1 Å². The third-order valence-electron chi connectivity index (χ3n) is 6.69. The standard InChI is InChI=1S/C20H36N4O.HI/c1-4-21-18(24-14-13-19(16-24)9-5-6-10-19)22-15-20(11-7-8-12-20)17(25)23(2)3;/h4-16H2,1-3H3,(H,21,22);1H. The second kappa shape index (κ2) is 9.11. The lowest BCUT2D eigenvalue weighted by Crippen LogP contribution is -2.44. The number of carbonyl (C=O) groups is 1. The molecule has 3 rings (SSSR count). The maximum atomic E-state index is 12.8. The van der Waals surface area contributed by atoms with Crippen molar-refractivity contribution >= 4 is 35.8 Å². The molecule has 1 aliphatic heterocycles. The minimum atomic E-state index is -0.269. The van der Waals surface area contributed by atoms with Gasteiger partial charge >= 0.3 is 0 Å². The maximum absolute atomic E-state index is 12.8. The lowest BCUT2D eigenvalue weighted by atomic mass is 9.85. The number of hydrogen-bond acceptors (Lipinski definition) is 2. The molecule has 0 unspecified atom stereocenters. The van der Waals surface area contributed by atoms with Crippen molar-refractivity contribution in [2.45, 2.75) is 64.7 Å². The van der Waals surface area contributed by atoms with Gasteiger partial charge in [-0.25, -0.2) is 0 Å². The van der Waals surface area contributed by atoms with Crippen LogP contribution >= 0.6 is 24.0 Å². The van der Waals surface area contributed by atoms with E-state index in [9.17, 15) is 4.79 Å². The molecule has 1 N–H and O–H groups in total. The van der Waals surface area contributed by atoms with Crippen LogP contribution in [0.1, 0.15) is 64.7 Å². The molecule has 3 fully saturated rings. The van der Waals surface area contributed by atoms with Crippen LogP contribution < -0.4 is 5.32 Å². The SMILES string of the molecule is CCNC(=NCC1(C(=O)N(C)C)CCCC1)N1CCC2(CCCC2)C1.I. The van der Waals surface area contributed by atoms with Crippen molar-refractivity contribution in [2.24, 2.45) is 15.8 Å². The van der Waals surface area contributed by atoms with Crippen LogP contribution in [0.15, 0.2) is 4.99 Å². The van der Waals surface area contributed by atoms with Gasteiger partial charge in [0.15, 0.2) is 5.96 Å². The third-order valence-corrected chi connectivity index (χ3v) is 6.69. The topological polar surface area (TPSA) is 47.9 Å². The van der Waals surface area contributed by atoms with E-state index < -0.39 is 0 Å². The first-order chi connectivity index (χ1) is 12.0. The van der Waals surface area contributed by atoms with E-state index in [0.29, 0.717) is 12.0 Å². The Morgan fingerprint density at radius 2 is 1.69 bits per heavy atom. The van der Waals surface area contributed by atoms with Crippen LogP contribution in [0.25, 0.3) is 0 Å². The third kappa shape index (κ3) is 4.47. The number of likely N-dealkylation sites (tertiary alicyclic amines) is 1. The van der Waals surface area contributed by atoms with Gasteiger partial charge in [0.05, 0.1) is 12.0 Å². The number of rotatable bonds is 4. The predicted molar refractivity (Wildman–Crippen MR) is 118 cm³/mol. The van der Waals surface area contributed by atoms with E-state index in [1.165, 1.54) is 32.1 Å². The molecule has 26 heavy (non-hydrogen) atoms. The number of guanidine groups is 1. The van der Waals surface area contributed by atoms with Gasteiger partial charge in [0.1, 0.15) is 0 Å². The maximum Gasteiger partial charge on any atom is 0.230 e. The summed E-state index contributed by atoms with van der Waals surface area (Å²) in [4.78, 5) is 22.0. The molecule has 0 aromatic rings. The minimum absolute atomic E-state index is 0. The molecular weight excluding hydrogens is 439 g/mol. The summed E-state index contributed by atoms with van der Waals surface area (Å²) in [7, 11) is 3.75. The molecule has 1 heterocycles. The van der Waals surface area contributed by atoms with E-state index in [1.807, 2.05) is 14.1 Å². The molecule has 1 saturated heterocycles. The highest BCUT2D eigenvalue weighted by molar-refractivity contribution is 14.0. The summed E-state index contributed by atoms with van der Waals surface area (Å²) in [5.74, 6) is 1.29. The van der Waals surface area contributed by atoms with Crippen molar-refractivity contribution in [2.75, 3.05) is 40.3 Å². The Bertz CT molecular complexity index is 508. The van der Waals surface area contributed by atoms with Gasteiger partial charge < -0.3 is 15.1 Å². The van der Waals surface area contributed by atoms with Crippen LogP contribution in [-0.4, -0.2) is 61.9 Å². The van der Waals surface area contributed by atoms with Crippen LogP contribution in [0, 0.1) is 10.8 Å². The highest BCUT2D eigenvalue weighted by atomic mass is 127. The lowest BCUT2D eigenvalue weighted by molar-refractivity contribution is -0.138. The van der Waals surface area contributed by atoms with E-state index >= 15 is 0 Å². The van der Waals surface area contributed by atoms with Gasteiger partial charge in [-0.05, 0) is 44.4 Å². The van der Waals surface area contributed by atoms with E-state index in [0.717, 1.165) is 51.3 Å². The first kappa shape index (κ1) is 21.8. The fourth-order valence-corrected chi connectivity index (χ4v) is 5.27. The summed E-state index contributed by atoms with van der Waals surface area (Å²) in [6.07, 6.45) is 11.1. The molecule has 0 radical (unpaired) electrons. The average molecular weight is 476 g/mol. The molecule has 3 aliphatic rings. The van der Waals surface area contributed by atoms with Gasteiger partial charge in [0.25, 0.3) is 0 Å². The summed E-state index contributed by atoms with van der Waals surface area (Å²) in [6.45, 7) is 5.91. The Balaban J connectivity index is 0.00000243. The zero-order valence-corrected chi connectivity index (χ0v) is 19.2. The Hall–Kier alpha value is -0.530. The van der Waals surface area contributed by atoms with Crippen LogP contribution in [0.5, 0.6) is 0 Å². The second-order valence-corrected chi connectivity index (χ2v) is 8.74. The molecule has 1 amide bonds. The highest BCUT2D eigenvalue weighted by Gasteiger charge is 2.43. The monoisotopic (exact) mass is 476 g/mol. The van der Waals surface area contributed by atoms with Gasteiger partial charge in [-0.3, -0.25) is 9.79 Å². The van der Waals surface area contributed by atoms with Crippen molar-refractivity contribution in [3.63, 3.8) is 0 Å². The number of amides is 1. The van der Waals surface area contributed by atoms with Crippen molar-refractivity contribution in [3.05, 3.63) is 0 Å². The first-order valence-electron chi connectivity index (χ1n) is 10.3. The number of aliphatic imine (C=N–C) groups is 1. The molecule has 0 aromatic carbocycles. The number of halogens is 1. The zero-order chi connectivity index (χ0) is 17.9. The van der Waals surface area contributed by atoms with Crippen LogP contribution in [0.3, 0.4) is 0 Å². The fraction of sp³-hybridized carbons (Fsp3) is 0.900. The largest absolute Gasteiger partial charge is 0.357 e. The van der Waals surface area contributed by atoms with E-state index in [1.54, 1.807) is 4.90 Å². The van der Waals surface area contributed by atoms with Crippen molar-refractivity contribution in [1.82, 2.24) is 15.1 Å². The lowest BCUT2D eigenvalue weighted by Gasteiger charge is -2.30. The second-order valence-electron chi connectivity index (χ2n) is 8.74. The number of carbonyl (C=O) groups excluding carboxylic acids is 1. The molecule has 1 spiro atoms. The van der Waals surface area contributed by atoms with Gasteiger partial charge in [-0.2, -0.15) is 0 Å². The Morgan fingerprint density at radius 1 is 1.08 bits per heavy atom. The van der Waals surface area contributed by atoms with Gasteiger partial charge in [0, 0.05) is 33.7 Å². The Morgan fingerprint density at radius 3 is 2.27 bits per heavy atom. The quantitative estimate of drug-likeness (QED) is 0.384. The van der Waals surface area contributed by atoms with Gasteiger partial charge in [0.2, 0.25) is 5.91 Å². The van der Waals surface area contributed by atoms with Crippen LogP contribution in [0.4, 0.5) is 0 Å². The molecule has 0 bridgehead atoms. The molecule has 0 atom stereocenters. The van der Waals surface area contributed by atoms with Crippen LogP contribution in [-0.2, 0) is 4.79 Å². The summed E-state index contributed by atoms with van der Waals surface area (Å²) >= 11 is 0. The van der Waals surface area contributed by atoms with Crippen molar-refractivity contribution < 1.29 is 4.79 Å². The van der Waals surface area contributed by atoms with Crippen molar-refractivity contribution in [1.29, 1.82) is 0 Å². The molecule has 6 heteroatoms. The molecular formula is C20H37IN4O. The predicted octanol–water partition coefficient (Wildman–Crippen LogP) is 3.48. The summed E-state index contributed by atoms with van der Waals surface area (Å²) in [6, 6.07) is 0. The van der Waals surface area contributed by atoms with Crippen molar-refractivity contribution in [3.8, 4) is 0 Å². The first-order valence-corrected chi connectivity index (χ1v) is 10.3. The summed E-state index contributed by atoms with van der Waals surface area (Å²) in [5, 5.41) is 3.49. The Kier molecular flexibility index (Phi) is 7.62. The fourth-order valence-electron chi connectivity index (χ4n) is 5.27. The Labute approximate surface area is 176 Å². The summed E-state index contributed by atoms with van der Waals surface area (Å²) in [5.41, 5.74) is 0.273. The van der Waals surface area contributed by atoms with Crippen LogP contribution in [0.2, 0.25) is 0 Å². The smallest absolute Gasteiger partial charge is 0.230 e. The molecule has 0 aromatic heterocycles. The summed E-state index contributed by atoms with van der Waals surface area (Å²) < 4.78 is 0. The zero-order valence-electron chi connectivity index (χ0n) is 16.9. The number of nitrogens with zero attached hydrogens (tertiary/aromatic N) is 3.